The van der Waals surface area contributed by atoms with Gasteiger partial charge >= 0.3 is 0 Å². The van der Waals surface area contributed by atoms with E-state index < -0.39 is 0 Å². The molecule has 1 rings (SSSR count). The lowest BCUT2D eigenvalue weighted by Crippen LogP contribution is -2.39. The molecule has 0 aromatic rings. The molecule has 0 bridgehead atoms. The van der Waals surface area contributed by atoms with Gasteiger partial charge in [0.1, 0.15) is 0 Å². The van der Waals surface area contributed by atoms with Crippen molar-refractivity contribution in [1.82, 2.24) is 0 Å². The number of hydrogen-bond acceptors (Lipinski definition) is 1. The molecule has 0 fully saturated rings. The van der Waals surface area contributed by atoms with Crippen molar-refractivity contribution >= 4 is 0 Å². The molecule has 0 heterocycles. The summed E-state index contributed by atoms with van der Waals surface area (Å²) in [6.45, 7) is 8.12. The smallest absolute Gasteiger partial charge is 0.0379 e. The van der Waals surface area contributed by atoms with Crippen LogP contribution in [0.25, 0.3) is 0 Å². The van der Waals surface area contributed by atoms with Crippen LogP contribution in [0.15, 0.2) is 23.8 Å². The summed E-state index contributed by atoms with van der Waals surface area (Å²) in [7, 11) is 0. The van der Waals surface area contributed by atoms with Gasteiger partial charge in [0.2, 0.25) is 0 Å². The molecule has 0 aromatic heterocycles. The third-order valence-corrected chi connectivity index (χ3v) is 2.38. The van der Waals surface area contributed by atoms with Crippen molar-refractivity contribution < 1.29 is 0 Å². The quantitative estimate of drug-likeness (QED) is 0.626. The van der Waals surface area contributed by atoms with E-state index in [0.717, 1.165) is 12.8 Å². The molecule has 1 atom stereocenters. The van der Waals surface area contributed by atoms with Crippen LogP contribution in [-0.4, -0.2) is 5.54 Å². The van der Waals surface area contributed by atoms with Crippen LogP contribution in [0.2, 0.25) is 0 Å². The lowest BCUT2D eigenvalue weighted by molar-refractivity contribution is 0.440. The summed E-state index contributed by atoms with van der Waals surface area (Å²) in [6.07, 6.45) is 6.72. The number of nitrogens with two attached hydrogens (primary N) is 1. The summed E-state index contributed by atoms with van der Waals surface area (Å²) in [6, 6.07) is 0. The van der Waals surface area contributed by atoms with E-state index in [1.54, 1.807) is 0 Å². The first-order valence-corrected chi connectivity index (χ1v) is 4.63. The van der Waals surface area contributed by atoms with E-state index in [0.29, 0.717) is 0 Å². The van der Waals surface area contributed by atoms with Crippen molar-refractivity contribution in [2.75, 3.05) is 0 Å². The average Bonchev–Trinajstić information content (AvgIpc) is 1.82. The number of allylic oxidation sites excluding steroid dienone is 1. The normalized spacial score (nSPS) is 29.8. The SMILES string of the molecule is C=C(C)CC1(N)C=C(C)CCC1. The monoisotopic (exact) mass is 165 g/mol. The van der Waals surface area contributed by atoms with Gasteiger partial charge in [-0.05, 0) is 39.5 Å². The molecule has 0 radical (unpaired) electrons. The summed E-state index contributed by atoms with van der Waals surface area (Å²) >= 11 is 0. The number of hydrogen-bond donors (Lipinski definition) is 1. The summed E-state index contributed by atoms with van der Waals surface area (Å²) in [4.78, 5) is 0. The Balaban J connectivity index is 2.69. The maximum atomic E-state index is 6.21. The Hall–Kier alpha value is -0.560. The lowest BCUT2D eigenvalue weighted by Gasteiger charge is -2.30. The molecule has 2 N–H and O–H groups in total. The third-order valence-electron chi connectivity index (χ3n) is 2.38. The van der Waals surface area contributed by atoms with E-state index in [-0.39, 0.29) is 5.54 Å². The van der Waals surface area contributed by atoms with E-state index in [9.17, 15) is 0 Å². The Morgan fingerprint density at radius 1 is 1.75 bits per heavy atom. The fourth-order valence-corrected chi connectivity index (χ4v) is 2.03. The van der Waals surface area contributed by atoms with Gasteiger partial charge < -0.3 is 5.73 Å². The molecular weight excluding hydrogens is 146 g/mol. The minimum atomic E-state index is -0.0891. The summed E-state index contributed by atoms with van der Waals surface area (Å²) in [5, 5.41) is 0. The fourth-order valence-electron chi connectivity index (χ4n) is 2.03. The van der Waals surface area contributed by atoms with Gasteiger partial charge in [-0.25, -0.2) is 0 Å². The van der Waals surface area contributed by atoms with Crippen molar-refractivity contribution in [3.63, 3.8) is 0 Å². The second kappa shape index (κ2) is 3.44. The molecule has 1 heteroatoms. The molecule has 1 aliphatic carbocycles. The molecule has 0 aliphatic heterocycles. The first kappa shape index (κ1) is 9.53. The molecule has 1 aliphatic rings. The van der Waals surface area contributed by atoms with Crippen molar-refractivity contribution in [3.8, 4) is 0 Å². The van der Waals surface area contributed by atoms with E-state index in [4.69, 9.17) is 5.73 Å². The third kappa shape index (κ3) is 2.49. The van der Waals surface area contributed by atoms with Crippen molar-refractivity contribution in [2.24, 2.45) is 5.73 Å². The Labute approximate surface area is 75.3 Å². The molecule has 0 saturated carbocycles. The average molecular weight is 165 g/mol. The molecule has 1 nitrogen and oxygen atoms in total. The Kier molecular flexibility index (Phi) is 2.73. The van der Waals surface area contributed by atoms with E-state index in [1.165, 1.54) is 24.0 Å². The van der Waals surface area contributed by atoms with Gasteiger partial charge in [0.05, 0.1) is 0 Å². The highest BCUT2D eigenvalue weighted by Gasteiger charge is 2.24. The second-order valence-corrected chi connectivity index (χ2v) is 4.21. The summed E-state index contributed by atoms with van der Waals surface area (Å²) in [5.41, 5.74) is 8.74. The summed E-state index contributed by atoms with van der Waals surface area (Å²) in [5.74, 6) is 0. The van der Waals surface area contributed by atoms with Gasteiger partial charge in [0, 0.05) is 5.54 Å². The molecule has 0 aromatic carbocycles. The highest BCUT2D eigenvalue weighted by molar-refractivity contribution is 5.18. The van der Waals surface area contributed by atoms with Crippen LogP contribution in [0.5, 0.6) is 0 Å². The zero-order valence-electron chi connectivity index (χ0n) is 8.19. The molecule has 68 valence electrons. The molecule has 0 spiro atoms. The highest BCUT2D eigenvalue weighted by atomic mass is 14.7. The predicted octanol–water partition coefficient (Wildman–Crippen LogP) is 2.78. The van der Waals surface area contributed by atoms with Crippen LogP contribution in [0.3, 0.4) is 0 Å². The van der Waals surface area contributed by atoms with Crippen LogP contribution >= 0.6 is 0 Å². The first-order chi connectivity index (χ1) is 5.52. The largest absolute Gasteiger partial charge is 0.322 e. The minimum absolute atomic E-state index is 0.0891. The summed E-state index contributed by atoms with van der Waals surface area (Å²) < 4.78 is 0. The van der Waals surface area contributed by atoms with Gasteiger partial charge in [-0.2, -0.15) is 0 Å². The zero-order chi connectivity index (χ0) is 9.19. The second-order valence-electron chi connectivity index (χ2n) is 4.21. The lowest BCUT2D eigenvalue weighted by atomic mass is 9.81. The fraction of sp³-hybridized carbons (Fsp3) is 0.636. The van der Waals surface area contributed by atoms with Gasteiger partial charge in [-0.3, -0.25) is 0 Å². The van der Waals surface area contributed by atoms with Crippen LogP contribution in [-0.2, 0) is 0 Å². The van der Waals surface area contributed by atoms with Crippen LogP contribution in [0, 0.1) is 0 Å². The Bertz CT molecular complexity index is 215. The van der Waals surface area contributed by atoms with Gasteiger partial charge in [-0.1, -0.05) is 17.2 Å². The zero-order valence-corrected chi connectivity index (χ0v) is 8.19. The highest BCUT2D eigenvalue weighted by Crippen LogP contribution is 2.28. The van der Waals surface area contributed by atoms with Gasteiger partial charge in [0.25, 0.3) is 0 Å². The Morgan fingerprint density at radius 3 is 2.92 bits per heavy atom. The first-order valence-electron chi connectivity index (χ1n) is 4.63. The van der Waals surface area contributed by atoms with Crippen molar-refractivity contribution in [2.45, 2.75) is 45.1 Å². The van der Waals surface area contributed by atoms with E-state index >= 15 is 0 Å². The number of rotatable bonds is 2. The molecule has 0 amide bonds. The maximum Gasteiger partial charge on any atom is 0.0379 e. The van der Waals surface area contributed by atoms with Gasteiger partial charge in [-0.15, -0.1) is 6.58 Å². The molecule has 1 unspecified atom stereocenters. The van der Waals surface area contributed by atoms with E-state index in [1.807, 2.05) is 6.92 Å². The van der Waals surface area contributed by atoms with Crippen molar-refractivity contribution in [3.05, 3.63) is 23.8 Å². The molecule has 0 saturated heterocycles. The topological polar surface area (TPSA) is 26.0 Å². The Morgan fingerprint density at radius 2 is 2.42 bits per heavy atom. The van der Waals surface area contributed by atoms with Crippen LogP contribution in [0.4, 0.5) is 0 Å². The minimum Gasteiger partial charge on any atom is -0.322 e. The van der Waals surface area contributed by atoms with Crippen molar-refractivity contribution in [1.29, 1.82) is 0 Å². The maximum absolute atomic E-state index is 6.21. The standard InChI is InChI=1S/C11H19N/c1-9(2)7-11(12)6-4-5-10(3)8-11/h8H,1,4-7,12H2,2-3H3. The van der Waals surface area contributed by atoms with Crippen LogP contribution in [0.1, 0.15) is 39.5 Å². The predicted molar refractivity (Wildman–Crippen MR) is 54.0 cm³/mol. The van der Waals surface area contributed by atoms with E-state index in [2.05, 4.69) is 19.6 Å². The molecular formula is C11H19N. The van der Waals surface area contributed by atoms with Gasteiger partial charge in [0.15, 0.2) is 0 Å². The van der Waals surface area contributed by atoms with Crippen LogP contribution < -0.4 is 5.73 Å². The molecule has 12 heavy (non-hydrogen) atoms.